The van der Waals surface area contributed by atoms with Crippen molar-refractivity contribution in [2.24, 2.45) is 0 Å². The van der Waals surface area contributed by atoms with E-state index in [0.29, 0.717) is 34.6 Å². The summed E-state index contributed by atoms with van der Waals surface area (Å²) in [6.07, 6.45) is 0. The van der Waals surface area contributed by atoms with Crippen molar-refractivity contribution in [2.45, 2.75) is 0 Å². The van der Waals surface area contributed by atoms with E-state index in [9.17, 15) is 4.79 Å². The number of hydrogen-bond acceptors (Lipinski definition) is 9. The summed E-state index contributed by atoms with van der Waals surface area (Å²) in [5, 5.41) is 15.6. The molecular formula is C24H25N5O6. The highest BCUT2D eigenvalue weighted by Gasteiger charge is 2.11. The maximum atomic E-state index is 12.1. The smallest absolute Gasteiger partial charge is 0.258 e. The van der Waals surface area contributed by atoms with Gasteiger partial charge in [-0.25, -0.2) is 0 Å². The van der Waals surface area contributed by atoms with Crippen LogP contribution >= 0.6 is 0 Å². The molecule has 0 saturated carbocycles. The Morgan fingerprint density at radius 1 is 0.829 bits per heavy atom. The van der Waals surface area contributed by atoms with Crippen LogP contribution in [0.3, 0.4) is 0 Å². The minimum Gasteiger partial charge on any atom is -0.497 e. The first-order valence-electron chi connectivity index (χ1n) is 10.7. The highest BCUT2D eigenvalue weighted by molar-refractivity contribution is 5.77. The summed E-state index contributed by atoms with van der Waals surface area (Å²) in [4.78, 5) is 12.1. The fourth-order valence-electron chi connectivity index (χ4n) is 3.18. The number of carbonyl (C=O) groups excluding carboxylic acids is 1. The van der Waals surface area contributed by atoms with Crippen molar-refractivity contribution >= 4 is 11.6 Å². The Bertz CT molecular complexity index is 1270. The molecule has 4 rings (SSSR count). The number of nitrogens with zero attached hydrogens (tertiary/aromatic N) is 4. The van der Waals surface area contributed by atoms with Crippen molar-refractivity contribution in [1.29, 1.82) is 0 Å². The summed E-state index contributed by atoms with van der Waals surface area (Å²) in [7, 11) is 4.70. The average molecular weight is 479 g/mol. The van der Waals surface area contributed by atoms with Gasteiger partial charge in [-0.05, 0) is 30.3 Å². The minimum atomic E-state index is -0.292. The molecule has 35 heavy (non-hydrogen) atoms. The molecule has 0 aliphatic carbocycles. The molecule has 0 unspecified atom stereocenters. The second-order valence-electron chi connectivity index (χ2n) is 7.23. The molecule has 0 atom stereocenters. The van der Waals surface area contributed by atoms with Crippen LogP contribution < -0.4 is 29.0 Å². The van der Waals surface area contributed by atoms with Crippen molar-refractivity contribution in [2.75, 3.05) is 41.1 Å². The van der Waals surface area contributed by atoms with Crippen LogP contribution in [0.25, 0.3) is 17.0 Å². The summed E-state index contributed by atoms with van der Waals surface area (Å²) in [5.74, 6) is 3.01. The van der Waals surface area contributed by atoms with Crippen LogP contribution in [-0.2, 0) is 4.79 Å². The first-order valence-corrected chi connectivity index (χ1v) is 10.7. The second kappa shape index (κ2) is 11.1. The van der Waals surface area contributed by atoms with Crippen LogP contribution in [0.1, 0.15) is 0 Å². The number of aromatic nitrogens is 4. The van der Waals surface area contributed by atoms with Crippen LogP contribution in [0.2, 0.25) is 0 Å². The Morgan fingerprint density at radius 2 is 1.51 bits per heavy atom. The number of methoxy groups -OCH3 is 3. The molecule has 11 nitrogen and oxygen atoms in total. The number of hydrogen-bond donors (Lipinski definition) is 1. The molecule has 4 aromatic rings. The van der Waals surface area contributed by atoms with Gasteiger partial charge in [-0.1, -0.05) is 0 Å². The van der Waals surface area contributed by atoms with E-state index < -0.39 is 0 Å². The van der Waals surface area contributed by atoms with Crippen molar-refractivity contribution in [3.63, 3.8) is 0 Å². The van der Waals surface area contributed by atoms with E-state index >= 15 is 0 Å². The summed E-state index contributed by atoms with van der Waals surface area (Å²) >= 11 is 0. The lowest BCUT2D eigenvalue weighted by molar-refractivity contribution is -0.123. The number of rotatable bonds is 11. The normalized spacial score (nSPS) is 10.6. The predicted molar refractivity (Wildman–Crippen MR) is 126 cm³/mol. The average Bonchev–Trinajstić information content (AvgIpc) is 3.33. The standard InChI is InChI=1S/C24H25N5O6/c1-31-17-6-4-16(5-7-17)24-27-26-21-8-9-23(28-29(21)24)34-11-10-25-22(30)15-35-20-13-18(32-2)12-19(14-20)33-3/h4-9,12-14H,10-11,15H2,1-3H3,(H,25,30). The molecule has 1 N–H and O–H groups in total. The molecule has 0 fully saturated rings. The molecule has 2 aromatic heterocycles. The molecule has 0 aliphatic heterocycles. The summed E-state index contributed by atoms with van der Waals surface area (Å²) in [5.41, 5.74) is 1.42. The van der Waals surface area contributed by atoms with Gasteiger partial charge in [0.15, 0.2) is 18.1 Å². The number of carbonyl (C=O) groups is 1. The fraction of sp³-hybridized carbons (Fsp3) is 0.250. The largest absolute Gasteiger partial charge is 0.497 e. The SMILES string of the molecule is COc1ccc(-c2nnc3ccc(OCCNC(=O)COc4cc(OC)cc(OC)c4)nn23)cc1. The number of fused-ring (bicyclic) bond motifs is 1. The van der Waals surface area contributed by atoms with E-state index in [1.807, 2.05) is 24.3 Å². The minimum absolute atomic E-state index is 0.160. The van der Waals surface area contributed by atoms with Crippen LogP contribution in [-0.4, -0.2) is 66.8 Å². The Labute approximate surface area is 201 Å². The van der Waals surface area contributed by atoms with E-state index in [4.69, 9.17) is 23.7 Å². The summed E-state index contributed by atoms with van der Waals surface area (Å²) in [6.45, 7) is 0.334. The molecule has 0 bridgehead atoms. The van der Waals surface area contributed by atoms with Crippen LogP contribution in [0.4, 0.5) is 0 Å². The van der Waals surface area contributed by atoms with Gasteiger partial charge >= 0.3 is 0 Å². The van der Waals surface area contributed by atoms with Gasteiger partial charge in [0.05, 0.1) is 27.9 Å². The number of benzene rings is 2. The maximum Gasteiger partial charge on any atom is 0.258 e. The van der Waals surface area contributed by atoms with Crippen LogP contribution in [0, 0.1) is 0 Å². The first kappa shape index (κ1) is 23.6. The molecule has 182 valence electrons. The van der Waals surface area contributed by atoms with Crippen molar-refractivity contribution in [3.8, 4) is 40.3 Å². The number of amides is 1. The zero-order valence-corrected chi connectivity index (χ0v) is 19.6. The number of ether oxygens (including phenoxy) is 5. The quantitative estimate of drug-likeness (QED) is 0.324. The molecule has 0 aliphatic rings. The van der Waals surface area contributed by atoms with Gasteiger partial charge in [-0.2, -0.15) is 4.52 Å². The lowest BCUT2D eigenvalue weighted by atomic mass is 10.2. The third-order valence-corrected chi connectivity index (χ3v) is 4.96. The van der Waals surface area contributed by atoms with Crippen molar-refractivity contribution in [1.82, 2.24) is 25.1 Å². The zero-order chi connectivity index (χ0) is 24.6. The first-order chi connectivity index (χ1) is 17.1. The van der Waals surface area contributed by atoms with Gasteiger partial charge in [0.2, 0.25) is 5.88 Å². The molecular weight excluding hydrogens is 454 g/mol. The highest BCUT2D eigenvalue weighted by Crippen LogP contribution is 2.27. The topological polar surface area (TPSA) is 118 Å². The molecule has 11 heteroatoms. The predicted octanol–water partition coefficient (Wildman–Crippen LogP) is 2.39. The molecule has 2 heterocycles. The summed E-state index contributed by atoms with van der Waals surface area (Å²) in [6, 6.07) is 16.0. The van der Waals surface area contributed by atoms with Crippen LogP contribution in [0.5, 0.6) is 28.9 Å². The summed E-state index contributed by atoms with van der Waals surface area (Å²) < 4.78 is 28.4. The van der Waals surface area contributed by atoms with E-state index in [2.05, 4.69) is 20.6 Å². The van der Waals surface area contributed by atoms with Gasteiger partial charge in [0.1, 0.15) is 29.6 Å². The lowest BCUT2D eigenvalue weighted by Gasteiger charge is -2.11. The molecule has 0 spiro atoms. The maximum absolute atomic E-state index is 12.1. The second-order valence-corrected chi connectivity index (χ2v) is 7.23. The van der Waals surface area contributed by atoms with E-state index in [1.165, 1.54) is 0 Å². The van der Waals surface area contributed by atoms with Gasteiger partial charge in [-0.3, -0.25) is 4.79 Å². The Kier molecular flexibility index (Phi) is 7.46. The van der Waals surface area contributed by atoms with Crippen molar-refractivity contribution < 1.29 is 28.5 Å². The fourth-order valence-corrected chi connectivity index (χ4v) is 3.18. The number of nitrogens with one attached hydrogen (secondary N) is 1. The van der Waals surface area contributed by atoms with Crippen LogP contribution in [0.15, 0.2) is 54.6 Å². The molecule has 2 aromatic carbocycles. The van der Waals surface area contributed by atoms with Gasteiger partial charge in [0, 0.05) is 29.8 Å². The van der Waals surface area contributed by atoms with E-state index in [-0.39, 0.29) is 25.7 Å². The zero-order valence-electron chi connectivity index (χ0n) is 19.6. The van der Waals surface area contributed by atoms with Gasteiger partial charge < -0.3 is 29.0 Å². The van der Waals surface area contributed by atoms with Gasteiger partial charge in [0.25, 0.3) is 5.91 Å². The molecule has 0 radical (unpaired) electrons. The lowest BCUT2D eigenvalue weighted by Crippen LogP contribution is -2.32. The third-order valence-electron chi connectivity index (χ3n) is 4.96. The van der Waals surface area contributed by atoms with Gasteiger partial charge in [-0.15, -0.1) is 15.3 Å². The Morgan fingerprint density at radius 3 is 2.20 bits per heavy atom. The highest BCUT2D eigenvalue weighted by atomic mass is 16.5. The monoisotopic (exact) mass is 479 g/mol. The Balaban J connectivity index is 1.28. The molecule has 0 saturated heterocycles. The van der Waals surface area contributed by atoms with E-state index in [0.717, 1.165) is 11.3 Å². The van der Waals surface area contributed by atoms with E-state index in [1.54, 1.807) is 56.2 Å². The Hall–Kier alpha value is -4.54. The van der Waals surface area contributed by atoms with Crippen molar-refractivity contribution in [3.05, 3.63) is 54.6 Å². The third kappa shape index (κ3) is 5.88. The molecule has 1 amide bonds.